The van der Waals surface area contributed by atoms with Crippen molar-refractivity contribution in [3.8, 4) is 17.3 Å². The average molecular weight is 880 g/mol. The molecule has 0 aliphatic rings. The molecule has 0 amide bonds. The molecule has 0 saturated carbocycles. The molecule has 1 radical (unpaired) electrons. The van der Waals surface area contributed by atoms with E-state index in [2.05, 4.69) is 84.9 Å². The summed E-state index contributed by atoms with van der Waals surface area (Å²) in [5.74, 6) is 0.547. The van der Waals surface area contributed by atoms with Crippen LogP contribution in [0.25, 0.3) is 42.2 Å². The van der Waals surface area contributed by atoms with Crippen molar-refractivity contribution in [1.29, 1.82) is 5.26 Å². The Labute approximate surface area is 323 Å². The normalized spacial score (nSPS) is 12.3. The number of aromatic nitrogens is 1. The van der Waals surface area contributed by atoms with Gasteiger partial charge in [0.15, 0.2) is 5.78 Å². The number of hydrogen-bond donors (Lipinski definition) is 1. The molecule has 1 N–H and O–H groups in total. The fraction of sp³-hybridized carbons (Fsp3) is 0.444. The summed E-state index contributed by atoms with van der Waals surface area (Å²) in [6.45, 7) is 23.9. The minimum Gasteiger partial charge on any atom is -0.512 e. The van der Waals surface area contributed by atoms with E-state index in [1.165, 1.54) is 42.9 Å². The van der Waals surface area contributed by atoms with Gasteiger partial charge in [-0.1, -0.05) is 104 Å². The second-order valence-corrected chi connectivity index (χ2v) is 16.8. The van der Waals surface area contributed by atoms with Crippen molar-refractivity contribution in [3.63, 3.8) is 0 Å². The number of nitriles is 1. The zero-order chi connectivity index (χ0) is 37.0. The van der Waals surface area contributed by atoms with Gasteiger partial charge in [-0.25, -0.2) is 0 Å². The number of hydrogen-bond acceptors (Lipinski definition) is 5. The van der Waals surface area contributed by atoms with Crippen LogP contribution in [0.1, 0.15) is 117 Å². The Morgan fingerprint density at radius 1 is 0.902 bits per heavy atom. The number of benzene rings is 3. The number of ketones is 1. The number of aryl methyl sites for hydroxylation is 1. The number of carbonyl (C=O) groups is 1. The smallest absolute Gasteiger partial charge is 0.162 e. The number of allylic oxidation sites excluding steroid dienone is 2. The van der Waals surface area contributed by atoms with E-state index >= 15 is 0 Å². The van der Waals surface area contributed by atoms with Gasteiger partial charge in [0, 0.05) is 70.3 Å². The second kappa shape index (κ2) is 17.4. The number of aliphatic hydroxyl groups excluding tert-OH is 1. The number of fused-ring (bicyclic) bond motifs is 4. The van der Waals surface area contributed by atoms with E-state index < -0.39 is 0 Å². The third-order valence-corrected chi connectivity index (χ3v) is 11.1. The summed E-state index contributed by atoms with van der Waals surface area (Å²) in [5.41, 5.74) is 6.85. The van der Waals surface area contributed by atoms with E-state index in [0.717, 1.165) is 54.1 Å². The summed E-state index contributed by atoms with van der Waals surface area (Å²) in [4.78, 5) is 16.6. The number of nitrogens with zero attached hydrogens (tertiary/aromatic N) is 2. The van der Waals surface area contributed by atoms with Crippen LogP contribution in [0.2, 0.25) is 0 Å². The molecule has 0 aliphatic carbocycles. The van der Waals surface area contributed by atoms with Crippen molar-refractivity contribution >= 4 is 48.1 Å². The first-order valence-electron chi connectivity index (χ1n) is 18.2. The van der Waals surface area contributed by atoms with E-state index in [0.29, 0.717) is 5.56 Å². The van der Waals surface area contributed by atoms with Gasteiger partial charge in [0.25, 0.3) is 0 Å². The monoisotopic (exact) mass is 880 g/mol. The van der Waals surface area contributed by atoms with Crippen molar-refractivity contribution < 1.29 is 30.0 Å². The quantitative estimate of drug-likeness (QED) is 0.0909. The third kappa shape index (κ3) is 9.75. The largest absolute Gasteiger partial charge is 0.512 e. The van der Waals surface area contributed by atoms with Crippen molar-refractivity contribution in [2.75, 3.05) is 0 Å². The molecular formula is C45H55IrN2O2S-. The minimum atomic E-state index is -0.0807. The fourth-order valence-corrected chi connectivity index (χ4v) is 8.10. The number of pyridine rings is 1. The van der Waals surface area contributed by atoms with E-state index in [4.69, 9.17) is 4.98 Å². The molecule has 0 atom stereocenters. The van der Waals surface area contributed by atoms with Gasteiger partial charge in [-0.05, 0) is 72.4 Å². The molecule has 0 bridgehead atoms. The number of aliphatic hydroxyl groups is 1. The van der Waals surface area contributed by atoms with E-state index in [-0.39, 0.29) is 54.3 Å². The predicted octanol–water partition coefficient (Wildman–Crippen LogP) is 13.0. The summed E-state index contributed by atoms with van der Waals surface area (Å²) in [6, 6.07) is 20.8. The summed E-state index contributed by atoms with van der Waals surface area (Å²) in [5, 5.41) is 23.9. The summed E-state index contributed by atoms with van der Waals surface area (Å²) in [7, 11) is 0. The van der Waals surface area contributed by atoms with Crippen LogP contribution in [0.3, 0.4) is 0 Å². The molecule has 0 spiro atoms. The van der Waals surface area contributed by atoms with Gasteiger partial charge in [-0.3, -0.25) is 9.78 Å². The summed E-state index contributed by atoms with van der Waals surface area (Å²) < 4.78 is 2.56. The Hall–Kier alpha value is -3.36. The molecule has 2 heterocycles. The molecule has 5 aromatic rings. The zero-order valence-electron chi connectivity index (χ0n) is 32.4. The van der Waals surface area contributed by atoms with Crippen LogP contribution in [-0.2, 0) is 36.7 Å². The molecule has 0 fully saturated rings. The molecule has 6 heteroatoms. The van der Waals surface area contributed by atoms with Gasteiger partial charge in [0.1, 0.15) is 0 Å². The zero-order valence-corrected chi connectivity index (χ0v) is 35.6. The second-order valence-electron chi connectivity index (χ2n) is 15.8. The molecule has 5 rings (SSSR count). The average Bonchev–Trinajstić information content (AvgIpc) is 3.45. The van der Waals surface area contributed by atoms with E-state index in [9.17, 15) is 15.2 Å². The molecule has 0 aliphatic heterocycles. The molecule has 0 unspecified atom stereocenters. The van der Waals surface area contributed by atoms with Gasteiger partial charge in [-0.2, -0.15) is 5.26 Å². The SMILES string of the molecule is CCC(CC)C(=O)/C=C(\O)C(CC)CC.Cc1c(CC(C)(C)C)ccc2c1sc1c(-c3[c-]c4ccc(C#N)cc4c(C(C)(C)C)c3)nccc12.[Ir]. The molecule has 273 valence electrons. The molecule has 4 nitrogen and oxygen atoms in total. The van der Waals surface area contributed by atoms with E-state index in [1.807, 2.05) is 63.4 Å². The van der Waals surface area contributed by atoms with Crippen LogP contribution in [0.4, 0.5) is 0 Å². The molecular weight excluding hydrogens is 825 g/mol. The predicted molar refractivity (Wildman–Crippen MR) is 214 cm³/mol. The number of rotatable bonds is 9. The Kier molecular flexibility index (Phi) is 14.4. The van der Waals surface area contributed by atoms with Gasteiger partial charge in [0.05, 0.1) is 11.8 Å². The van der Waals surface area contributed by atoms with Crippen LogP contribution < -0.4 is 0 Å². The molecule has 3 aromatic carbocycles. The maximum absolute atomic E-state index is 11.7. The fourth-order valence-electron chi connectivity index (χ4n) is 6.77. The van der Waals surface area contributed by atoms with Crippen LogP contribution in [0.5, 0.6) is 0 Å². The van der Waals surface area contributed by atoms with Crippen molar-refractivity contribution in [1.82, 2.24) is 4.98 Å². The molecule has 0 saturated heterocycles. The van der Waals surface area contributed by atoms with Crippen LogP contribution in [0, 0.1) is 41.6 Å². The van der Waals surface area contributed by atoms with Crippen molar-refractivity contribution in [2.45, 2.75) is 114 Å². The summed E-state index contributed by atoms with van der Waals surface area (Å²) in [6.07, 6.45) is 7.89. The van der Waals surface area contributed by atoms with Gasteiger partial charge in [-0.15, -0.1) is 40.5 Å². The van der Waals surface area contributed by atoms with Crippen LogP contribution in [0.15, 0.2) is 60.5 Å². The van der Waals surface area contributed by atoms with Crippen molar-refractivity contribution in [3.05, 3.63) is 88.8 Å². The topological polar surface area (TPSA) is 74.0 Å². The van der Waals surface area contributed by atoms with Crippen molar-refractivity contribution in [2.24, 2.45) is 17.3 Å². The van der Waals surface area contributed by atoms with Gasteiger partial charge < -0.3 is 5.11 Å². The third-order valence-electron chi connectivity index (χ3n) is 9.78. The summed E-state index contributed by atoms with van der Waals surface area (Å²) >= 11 is 1.85. The first kappa shape index (κ1) is 42.1. The maximum atomic E-state index is 11.7. The number of carbonyl (C=O) groups excluding carboxylic acids is 1. The van der Waals surface area contributed by atoms with E-state index in [1.54, 1.807) is 0 Å². The first-order valence-corrected chi connectivity index (χ1v) is 19.0. The van der Waals surface area contributed by atoms with Gasteiger partial charge in [0.2, 0.25) is 0 Å². The Bertz CT molecular complexity index is 2060. The van der Waals surface area contributed by atoms with Crippen LogP contribution in [-0.4, -0.2) is 15.9 Å². The Morgan fingerprint density at radius 3 is 2.10 bits per heavy atom. The maximum Gasteiger partial charge on any atom is 0.162 e. The first-order chi connectivity index (χ1) is 23.6. The molecule has 2 aromatic heterocycles. The van der Waals surface area contributed by atoms with Gasteiger partial charge >= 0.3 is 0 Å². The standard InChI is InChI=1S/C32H31N2S.C13H24O2.Ir/c1-19-22(17-31(2,3)4)10-11-24-25-12-13-34-28(30(25)35-29(19)24)23-15-21-9-8-20(18-33)14-26(21)27(16-23)32(5,6)7;1-5-10(6-2)12(14)9-13(15)11(7-3)8-4;/h8-14,16H,17H2,1-7H3;9-11,14H,5-8H2,1-4H3;/q-1;;/b;12-9-;. The molecule has 51 heavy (non-hydrogen) atoms. The number of thiophene rings is 1. The Balaban J connectivity index is 0.000000374. The minimum absolute atomic E-state index is 0. The van der Waals surface area contributed by atoms with Crippen LogP contribution >= 0.6 is 11.3 Å². The Morgan fingerprint density at radius 2 is 1.53 bits per heavy atom.